The first-order valence-corrected chi connectivity index (χ1v) is 6.18. The van der Waals surface area contributed by atoms with Gasteiger partial charge in [-0.3, -0.25) is 5.10 Å². The van der Waals surface area contributed by atoms with Crippen LogP contribution in [0.1, 0.15) is 16.8 Å². The molecule has 0 unspecified atom stereocenters. The molecule has 0 saturated carbocycles. The van der Waals surface area contributed by atoms with Crippen molar-refractivity contribution in [3.63, 3.8) is 0 Å². The quantitative estimate of drug-likeness (QED) is 0.846. The van der Waals surface area contributed by atoms with Gasteiger partial charge in [0.25, 0.3) is 0 Å². The molecule has 1 aromatic carbocycles. The van der Waals surface area contributed by atoms with Crippen molar-refractivity contribution in [3.05, 3.63) is 40.0 Å². The van der Waals surface area contributed by atoms with Gasteiger partial charge < -0.3 is 10.5 Å². The fourth-order valence-electron chi connectivity index (χ4n) is 1.80. The van der Waals surface area contributed by atoms with Gasteiger partial charge in [-0.05, 0) is 24.3 Å². The molecule has 1 heterocycles. The first kappa shape index (κ1) is 14.4. The van der Waals surface area contributed by atoms with Gasteiger partial charge >= 0.3 is 0 Å². The molecule has 0 spiro atoms. The molecule has 6 nitrogen and oxygen atoms in total. The van der Waals surface area contributed by atoms with Crippen LogP contribution < -0.4 is 10.5 Å². The number of benzene rings is 1. The molecule has 0 aliphatic heterocycles. The third-order valence-electron chi connectivity index (χ3n) is 2.79. The number of anilines is 1. The van der Waals surface area contributed by atoms with Crippen LogP contribution in [-0.2, 0) is 0 Å². The van der Waals surface area contributed by atoms with Gasteiger partial charge in [-0.15, -0.1) is 0 Å². The van der Waals surface area contributed by atoms with Crippen molar-refractivity contribution < 1.29 is 4.74 Å². The minimum atomic E-state index is 0.0479. The Kier molecular flexibility index (Phi) is 4.13. The highest BCUT2D eigenvalue weighted by atomic mass is 35.5. The second-order valence-electron chi connectivity index (χ2n) is 4.03. The molecular formula is C14H10ClN5O. The van der Waals surface area contributed by atoms with E-state index in [1.165, 1.54) is 7.11 Å². The molecule has 0 aliphatic carbocycles. The third-order valence-corrected chi connectivity index (χ3v) is 3.02. The van der Waals surface area contributed by atoms with E-state index in [1.54, 1.807) is 24.3 Å². The van der Waals surface area contributed by atoms with Crippen molar-refractivity contribution >= 4 is 29.1 Å². The minimum absolute atomic E-state index is 0.0479. The van der Waals surface area contributed by atoms with E-state index in [0.717, 1.165) is 0 Å². The van der Waals surface area contributed by atoms with E-state index < -0.39 is 0 Å². The number of nitrogens with two attached hydrogens (primary N) is 1. The van der Waals surface area contributed by atoms with Crippen LogP contribution in [0.25, 0.3) is 11.6 Å². The zero-order valence-corrected chi connectivity index (χ0v) is 11.8. The summed E-state index contributed by atoms with van der Waals surface area (Å²) in [5, 5.41) is 25.2. The van der Waals surface area contributed by atoms with Gasteiger partial charge in [-0.1, -0.05) is 11.6 Å². The van der Waals surface area contributed by atoms with E-state index in [-0.39, 0.29) is 22.6 Å². The fourth-order valence-corrected chi connectivity index (χ4v) is 1.98. The standard InChI is InChI=1S/C14H10ClN5O/c1-21-12-3-2-10(15)5-8(12)4-9(6-16)13-11(7-17)14(18)20-19-13/h2-5H,1H3,(H3,18,19,20)/b9-4+. The number of hydrogen-bond donors (Lipinski definition) is 2. The summed E-state index contributed by atoms with van der Waals surface area (Å²) in [6.45, 7) is 0. The Balaban J connectivity index is 2.60. The minimum Gasteiger partial charge on any atom is -0.496 e. The summed E-state index contributed by atoms with van der Waals surface area (Å²) in [7, 11) is 1.52. The van der Waals surface area contributed by atoms with E-state index in [0.29, 0.717) is 16.3 Å². The summed E-state index contributed by atoms with van der Waals surface area (Å²) in [6, 6.07) is 8.95. The third kappa shape index (κ3) is 2.81. The van der Waals surface area contributed by atoms with Crippen LogP contribution in [0.4, 0.5) is 5.82 Å². The predicted molar refractivity (Wildman–Crippen MR) is 79.2 cm³/mol. The fraction of sp³-hybridized carbons (Fsp3) is 0.0714. The molecule has 104 valence electrons. The Morgan fingerprint density at radius 1 is 1.48 bits per heavy atom. The van der Waals surface area contributed by atoms with Gasteiger partial charge in [0, 0.05) is 10.6 Å². The summed E-state index contributed by atoms with van der Waals surface area (Å²) < 4.78 is 5.22. The molecule has 2 aromatic rings. The van der Waals surface area contributed by atoms with Crippen LogP contribution in [0, 0.1) is 22.7 Å². The SMILES string of the molecule is COc1ccc(Cl)cc1/C=C(\C#N)c1[nH]nc(N)c1C#N. The van der Waals surface area contributed by atoms with E-state index in [9.17, 15) is 5.26 Å². The van der Waals surface area contributed by atoms with Crippen LogP contribution in [0.3, 0.4) is 0 Å². The molecule has 0 radical (unpaired) electrons. The Morgan fingerprint density at radius 2 is 2.24 bits per heavy atom. The number of aromatic amines is 1. The summed E-state index contributed by atoms with van der Waals surface area (Å²) >= 11 is 5.95. The largest absolute Gasteiger partial charge is 0.496 e. The molecule has 0 fully saturated rings. The van der Waals surface area contributed by atoms with Crippen molar-refractivity contribution in [1.82, 2.24) is 10.2 Å². The van der Waals surface area contributed by atoms with Gasteiger partial charge in [-0.25, -0.2) is 0 Å². The number of allylic oxidation sites excluding steroid dienone is 1. The molecule has 0 saturated heterocycles. The van der Waals surface area contributed by atoms with E-state index >= 15 is 0 Å². The molecule has 0 amide bonds. The Bertz CT molecular complexity index is 795. The number of H-pyrrole nitrogens is 1. The zero-order valence-electron chi connectivity index (χ0n) is 11.0. The molecular weight excluding hydrogens is 290 g/mol. The lowest BCUT2D eigenvalue weighted by atomic mass is 10.1. The summed E-state index contributed by atoms with van der Waals surface area (Å²) in [4.78, 5) is 0. The molecule has 1 aromatic heterocycles. The molecule has 21 heavy (non-hydrogen) atoms. The lowest BCUT2D eigenvalue weighted by Crippen LogP contribution is -1.91. The predicted octanol–water partition coefficient (Wildman–Crippen LogP) is 2.59. The van der Waals surface area contributed by atoms with E-state index in [2.05, 4.69) is 10.2 Å². The Labute approximate surface area is 126 Å². The van der Waals surface area contributed by atoms with Gasteiger partial charge in [-0.2, -0.15) is 15.6 Å². The van der Waals surface area contributed by atoms with Crippen LogP contribution >= 0.6 is 11.6 Å². The van der Waals surface area contributed by atoms with E-state index in [1.807, 2.05) is 12.1 Å². The highest BCUT2D eigenvalue weighted by Gasteiger charge is 2.15. The topological polar surface area (TPSA) is 112 Å². The molecule has 0 bridgehead atoms. The lowest BCUT2D eigenvalue weighted by molar-refractivity contribution is 0.414. The first-order valence-electron chi connectivity index (χ1n) is 5.80. The number of nitrogen functional groups attached to an aromatic ring is 1. The summed E-state index contributed by atoms with van der Waals surface area (Å²) in [6.07, 6.45) is 1.55. The highest BCUT2D eigenvalue weighted by Crippen LogP contribution is 2.28. The molecule has 0 atom stereocenters. The molecule has 3 N–H and O–H groups in total. The Hall–Kier alpha value is -2.96. The van der Waals surface area contributed by atoms with Gasteiger partial charge in [0.1, 0.15) is 23.5 Å². The smallest absolute Gasteiger partial charge is 0.163 e. The Morgan fingerprint density at radius 3 is 2.86 bits per heavy atom. The summed E-state index contributed by atoms with van der Waals surface area (Å²) in [5.74, 6) is 0.602. The number of aromatic nitrogens is 2. The first-order chi connectivity index (χ1) is 10.1. The van der Waals surface area contributed by atoms with Crippen LogP contribution in [0.5, 0.6) is 5.75 Å². The molecule has 2 rings (SSSR count). The highest BCUT2D eigenvalue weighted by molar-refractivity contribution is 6.30. The summed E-state index contributed by atoms with van der Waals surface area (Å²) in [5.41, 5.74) is 6.78. The van der Waals surface area contributed by atoms with Gasteiger partial charge in [0.2, 0.25) is 0 Å². The average molecular weight is 300 g/mol. The molecule has 7 heteroatoms. The number of ether oxygens (including phenoxy) is 1. The number of hydrogen-bond acceptors (Lipinski definition) is 5. The number of nitriles is 2. The molecule has 0 aliphatic rings. The maximum atomic E-state index is 9.31. The van der Waals surface area contributed by atoms with Crippen molar-refractivity contribution in [2.45, 2.75) is 0 Å². The van der Waals surface area contributed by atoms with Crippen molar-refractivity contribution in [2.75, 3.05) is 12.8 Å². The van der Waals surface area contributed by atoms with Crippen LogP contribution in [0.2, 0.25) is 5.02 Å². The second kappa shape index (κ2) is 6.00. The van der Waals surface area contributed by atoms with Crippen LogP contribution in [0.15, 0.2) is 18.2 Å². The van der Waals surface area contributed by atoms with Crippen LogP contribution in [-0.4, -0.2) is 17.3 Å². The number of rotatable bonds is 3. The maximum absolute atomic E-state index is 9.31. The number of nitrogens with one attached hydrogen (secondary N) is 1. The van der Waals surface area contributed by atoms with Crippen molar-refractivity contribution in [1.29, 1.82) is 10.5 Å². The normalized spacial score (nSPS) is 10.8. The maximum Gasteiger partial charge on any atom is 0.163 e. The van der Waals surface area contributed by atoms with Crippen molar-refractivity contribution in [2.24, 2.45) is 0 Å². The lowest BCUT2D eigenvalue weighted by Gasteiger charge is -2.05. The van der Waals surface area contributed by atoms with Gasteiger partial charge in [0.15, 0.2) is 5.82 Å². The monoisotopic (exact) mass is 299 g/mol. The van der Waals surface area contributed by atoms with E-state index in [4.69, 9.17) is 27.3 Å². The van der Waals surface area contributed by atoms with Gasteiger partial charge in [0.05, 0.1) is 18.4 Å². The zero-order chi connectivity index (χ0) is 15.4. The number of methoxy groups -OCH3 is 1. The second-order valence-corrected chi connectivity index (χ2v) is 4.46. The number of nitrogens with zero attached hydrogens (tertiary/aromatic N) is 3. The average Bonchev–Trinajstić information content (AvgIpc) is 2.85. The number of halogens is 1. The van der Waals surface area contributed by atoms with Crippen molar-refractivity contribution in [3.8, 4) is 17.9 Å².